The molecule has 4 aromatic rings. The Morgan fingerprint density at radius 2 is 1.76 bits per heavy atom. The molecule has 5 aliphatic carbocycles. The van der Waals surface area contributed by atoms with Crippen LogP contribution in [0, 0.1) is 5.92 Å². The van der Waals surface area contributed by atoms with E-state index >= 15 is 0 Å². The van der Waals surface area contributed by atoms with Crippen LogP contribution in [0.5, 0.6) is 0 Å². The van der Waals surface area contributed by atoms with Gasteiger partial charge in [0.15, 0.2) is 0 Å². The molecule has 45 heavy (non-hydrogen) atoms. The van der Waals surface area contributed by atoms with E-state index in [1.54, 1.807) is 28.0 Å². The van der Waals surface area contributed by atoms with E-state index in [9.17, 15) is 0 Å². The second kappa shape index (κ2) is 10.6. The van der Waals surface area contributed by atoms with Gasteiger partial charge in [0.25, 0.3) is 0 Å². The van der Waals surface area contributed by atoms with E-state index in [0.717, 1.165) is 6.42 Å². The summed E-state index contributed by atoms with van der Waals surface area (Å²) in [5.41, 5.74) is 14.1. The third kappa shape index (κ3) is 4.02. The Bertz CT molecular complexity index is 2020. The van der Waals surface area contributed by atoms with Crippen LogP contribution in [-0.4, -0.2) is 14.4 Å². The second-order valence-corrected chi connectivity index (χ2v) is 15.4. The highest BCUT2D eigenvalue weighted by Gasteiger charge is 2.43. The molecule has 0 bridgehead atoms. The van der Waals surface area contributed by atoms with Crippen molar-refractivity contribution in [3.05, 3.63) is 113 Å². The summed E-state index contributed by atoms with van der Waals surface area (Å²) in [5.74, 6) is 1.02. The van der Waals surface area contributed by atoms with Gasteiger partial charge in [-0.25, -0.2) is 0 Å². The average molecular weight is 607 g/mol. The van der Waals surface area contributed by atoms with Crippen molar-refractivity contribution in [1.29, 1.82) is 0 Å². The van der Waals surface area contributed by atoms with Crippen LogP contribution in [0.1, 0.15) is 104 Å². The SMILES string of the molecule is C1=CCCC(C2C=C(n3c4ccccc4c4ccc5c(c43)SC3C=Cc4c(c6c(n4C4C=CCCC4)CCCC6)C53)CCC2)=C1. The second-order valence-electron chi connectivity index (χ2n) is 14.2. The van der Waals surface area contributed by atoms with Crippen LogP contribution in [0.25, 0.3) is 33.6 Å². The van der Waals surface area contributed by atoms with Gasteiger partial charge in [0.1, 0.15) is 0 Å². The van der Waals surface area contributed by atoms with Crippen LogP contribution in [0.3, 0.4) is 0 Å². The van der Waals surface area contributed by atoms with Crippen LogP contribution in [0.15, 0.2) is 89.4 Å². The third-order valence-electron chi connectivity index (χ3n) is 11.8. The molecule has 3 heteroatoms. The molecule has 0 N–H and O–H groups in total. The number of hydrogen-bond acceptors (Lipinski definition) is 1. The van der Waals surface area contributed by atoms with E-state index in [1.165, 1.54) is 109 Å². The van der Waals surface area contributed by atoms with E-state index in [1.807, 2.05) is 0 Å². The van der Waals surface area contributed by atoms with Crippen LogP contribution in [0.2, 0.25) is 0 Å². The largest absolute Gasteiger partial charge is 0.338 e. The zero-order chi connectivity index (χ0) is 29.5. The number of allylic oxidation sites excluding steroid dienone is 8. The number of para-hydroxylation sites is 1. The number of fused-ring (bicyclic) bond motifs is 11. The molecule has 226 valence electrons. The Morgan fingerprint density at radius 1 is 0.800 bits per heavy atom. The van der Waals surface area contributed by atoms with Crippen molar-refractivity contribution < 1.29 is 0 Å². The summed E-state index contributed by atoms with van der Waals surface area (Å²) >= 11 is 2.15. The molecule has 0 saturated heterocycles. The van der Waals surface area contributed by atoms with Gasteiger partial charge in [-0.2, -0.15) is 0 Å². The first kappa shape index (κ1) is 26.8. The van der Waals surface area contributed by atoms with Gasteiger partial charge in [0, 0.05) is 49.8 Å². The number of thioether (sulfide) groups is 1. The summed E-state index contributed by atoms with van der Waals surface area (Å²) in [6, 6.07) is 14.7. The first-order valence-electron chi connectivity index (χ1n) is 17.8. The van der Waals surface area contributed by atoms with Gasteiger partial charge in [-0.05, 0) is 106 Å². The lowest BCUT2D eigenvalue weighted by Crippen LogP contribution is -2.17. The lowest BCUT2D eigenvalue weighted by atomic mass is 9.80. The molecule has 2 nitrogen and oxygen atoms in total. The van der Waals surface area contributed by atoms with E-state index < -0.39 is 0 Å². The molecule has 0 spiro atoms. The van der Waals surface area contributed by atoms with Crippen molar-refractivity contribution in [3.63, 3.8) is 0 Å². The maximum atomic E-state index is 2.80. The Hall–Kier alpha value is -3.43. The third-order valence-corrected chi connectivity index (χ3v) is 13.2. The van der Waals surface area contributed by atoms with Gasteiger partial charge in [0.2, 0.25) is 0 Å². The molecule has 3 heterocycles. The molecule has 6 aliphatic rings. The van der Waals surface area contributed by atoms with Gasteiger partial charge in [-0.15, -0.1) is 11.8 Å². The molecule has 0 saturated carbocycles. The summed E-state index contributed by atoms with van der Waals surface area (Å²) in [7, 11) is 0. The summed E-state index contributed by atoms with van der Waals surface area (Å²) in [6.45, 7) is 0. The first-order valence-corrected chi connectivity index (χ1v) is 18.6. The molecule has 10 rings (SSSR count). The molecular weight excluding hydrogens is 565 g/mol. The van der Waals surface area contributed by atoms with Gasteiger partial charge < -0.3 is 9.13 Å². The topological polar surface area (TPSA) is 9.86 Å². The average Bonchev–Trinajstić information content (AvgIpc) is 3.76. The number of benzene rings is 2. The Balaban J connectivity index is 1.18. The zero-order valence-corrected chi connectivity index (χ0v) is 27.0. The summed E-state index contributed by atoms with van der Waals surface area (Å²) in [5, 5.41) is 3.30. The number of rotatable bonds is 3. The first-order chi connectivity index (χ1) is 22.3. The maximum absolute atomic E-state index is 2.80. The number of aromatic nitrogens is 2. The van der Waals surface area contributed by atoms with Crippen molar-refractivity contribution in [3.8, 4) is 0 Å². The Morgan fingerprint density at radius 3 is 2.67 bits per heavy atom. The highest BCUT2D eigenvalue weighted by Crippen LogP contribution is 2.58. The summed E-state index contributed by atoms with van der Waals surface area (Å²) in [4.78, 5) is 1.54. The van der Waals surface area contributed by atoms with E-state index in [4.69, 9.17) is 0 Å². The predicted molar refractivity (Wildman–Crippen MR) is 191 cm³/mol. The molecule has 0 radical (unpaired) electrons. The summed E-state index contributed by atoms with van der Waals surface area (Å²) < 4.78 is 5.50. The minimum absolute atomic E-state index is 0.453. The fraction of sp³-hybridized carbons (Fsp3) is 0.381. The van der Waals surface area contributed by atoms with Gasteiger partial charge in [-0.1, -0.05) is 78.4 Å². The minimum Gasteiger partial charge on any atom is -0.338 e. The standard InChI is InChI=1S/C42H42N2S/c1-3-12-27(13-4-1)28-14-11-17-30(26-28)44-35-20-9-7-18-31(35)32-22-23-34-40-38(45-42(34)41(32)44)25-24-37-39(40)33-19-8-10-21-36(33)43(37)29-15-5-2-6-16-29/h1,3,5,7,9,12,15,18,20,22-26,28-29,38,40H,2,4,6,8,10-11,13-14,16-17,19,21H2. The maximum Gasteiger partial charge on any atom is 0.0676 e. The minimum atomic E-state index is 0.453. The Labute approximate surface area is 271 Å². The normalized spacial score (nSPS) is 26.8. The quantitative estimate of drug-likeness (QED) is 0.211. The van der Waals surface area contributed by atoms with Gasteiger partial charge in [-0.3, -0.25) is 0 Å². The van der Waals surface area contributed by atoms with Crippen LogP contribution >= 0.6 is 11.8 Å². The van der Waals surface area contributed by atoms with E-state index in [2.05, 4.69) is 106 Å². The van der Waals surface area contributed by atoms with Crippen LogP contribution in [-0.2, 0) is 12.8 Å². The predicted octanol–water partition coefficient (Wildman–Crippen LogP) is 11.3. The van der Waals surface area contributed by atoms with Crippen molar-refractivity contribution in [1.82, 2.24) is 9.13 Å². The highest BCUT2D eigenvalue weighted by molar-refractivity contribution is 8.00. The van der Waals surface area contributed by atoms with Crippen LogP contribution < -0.4 is 0 Å². The van der Waals surface area contributed by atoms with E-state index in [0.29, 0.717) is 23.1 Å². The molecule has 1 aliphatic heterocycles. The monoisotopic (exact) mass is 606 g/mol. The van der Waals surface area contributed by atoms with Gasteiger partial charge >= 0.3 is 0 Å². The van der Waals surface area contributed by atoms with Crippen molar-refractivity contribution in [2.24, 2.45) is 5.92 Å². The van der Waals surface area contributed by atoms with E-state index in [-0.39, 0.29) is 0 Å². The Kier molecular flexibility index (Phi) is 6.28. The zero-order valence-electron chi connectivity index (χ0n) is 26.2. The molecule has 2 aromatic carbocycles. The summed E-state index contributed by atoms with van der Waals surface area (Å²) in [6.07, 6.45) is 34.8. The van der Waals surface area contributed by atoms with Crippen LogP contribution in [0.4, 0.5) is 0 Å². The number of nitrogens with zero attached hydrogens (tertiary/aromatic N) is 2. The van der Waals surface area contributed by atoms with Crippen molar-refractivity contribution >= 4 is 45.3 Å². The van der Waals surface area contributed by atoms with Gasteiger partial charge in [0.05, 0.1) is 17.1 Å². The lowest BCUT2D eigenvalue weighted by molar-refractivity contribution is 0.490. The molecule has 4 unspecified atom stereocenters. The van der Waals surface area contributed by atoms with Crippen molar-refractivity contribution in [2.75, 3.05) is 0 Å². The fourth-order valence-electron chi connectivity index (χ4n) is 9.84. The molecule has 2 aromatic heterocycles. The molecular formula is C42H42N2S. The fourth-order valence-corrected chi connectivity index (χ4v) is 11.3. The van der Waals surface area contributed by atoms with Crippen molar-refractivity contribution in [2.45, 2.75) is 99.2 Å². The molecule has 0 amide bonds. The molecule has 4 atom stereocenters. The number of hydrogen-bond donors (Lipinski definition) is 0. The molecule has 0 fully saturated rings. The lowest BCUT2D eigenvalue weighted by Gasteiger charge is -2.26. The smallest absolute Gasteiger partial charge is 0.0676 e. The highest BCUT2D eigenvalue weighted by atomic mass is 32.2.